The summed E-state index contributed by atoms with van der Waals surface area (Å²) in [7, 11) is -3.96. The fourth-order valence-corrected chi connectivity index (χ4v) is 3.12. The van der Waals surface area contributed by atoms with Crippen LogP contribution in [0.3, 0.4) is 0 Å². The van der Waals surface area contributed by atoms with Gasteiger partial charge in [0.15, 0.2) is 0 Å². The van der Waals surface area contributed by atoms with E-state index in [9.17, 15) is 23.1 Å². The van der Waals surface area contributed by atoms with Crippen LogP contribution < -0.4 is 9.60 Å². The third-order valence-electron chi connectivity index (χ3n) is 2.53. The average Bonchev–Trinajstić information content (AvgIpc) is 2.82. The van der Waals surface area contributed by atoms with Gasteiger partial charge in [-0.05, 0) is 18.2 Å². The molecule has 1 aromatic carbocycles. The smallest absolute Gasteiger partial charge is 0.339 e. The minimum atomic E-state index is -3.96. The van der Waals surface area contributed by atoms with Crippen LogP contribution in [0.25, 0.3) is 0 Å². The van der Waals surface area contributed by atoms with E-state index >= 15 is 0 Å². The quantitative estimate of drug-likeness (QED) is 0.623. The number of aromatic hydroxyl groups is 1. The minimum absolute atomic E-state index is 0.135. The van der Waals surface area contributed by atoms with Gasteiger partial charge < -0.3 is 15.2 Å². The van der Waals surface area contributed by atoms with Crippen molar-refractivity contribution in [2.45, 2.75) is 11.4 Å². The number of nitrogens with one attached hydrogen (secondary N) is 2. The number of H-pyrrole nitrogens is 1. The van der Waals surface area contributed by atoms with Crippen LogP contribution in [0.1, 0.15) is 16.1 Å². The van der Waals surface area contributed by atoms with Gasteiger partial charge in [0.25, 0.3) is 0 Å². The number of hydrogen-bond acceptors (Lipinski definition) is 6. The first-order valence-electron chi connectivity index (χ1n) is 5.52. The first-order valence-corrected chi connectivity index (χ1v) is 7.88. The number of benzene rings is 1. The van der Waals surface area contributed by atoms with Crippen LogP contribution >= 0.6 is 11.3 Å². The fourth-order valence-electron chi connectivity index (χ4n) is 1.51. The first-order chi connectivity index (χ1) is 9.79. The molecule has 0 aliphatic rings. The number of aromatic carboxylic acids is 1. The molecular weight excluding hydrogens is 320 g/mol. The maximum absolute atomic E-state index is 12.0. The molecule has 0 radical (unpaired) electrons. The monoisotopic (exact) mass is 330 g/mol. The molecule has 2 aromatic rings. The molecule has 2 rings (SSSR count). The molecule has 4 N–H and O–H groups in total. The Kier molecular flexibility index (Phi) is 4.11. The van der Waals surface area contributed by atoms with Gasteiger partial charge in [0, 0.05) is 11.1 Å². The SMILES string of the molecule is O=C(O)c1cc(S(=O)(=O)NCc2csc(=O)[nH]2)ccc1O. The van der Waals surface area contributed by atoms with Crippen LogP contribution in [-0.4, -0.2) is 29.6 Å². The van der Waals surface area contributed by atoms with E-state index in [0.29, 0.717) is 5.69 Å². The van der Waals surface area contributed by atoms with Gasteiger partial charge in [0.2, 0.25) is 10.0 Å². The van der Waals surface area contributed by atoms with Crippen molar-refractivity contribution in [2.75, 3.05) is 0 Å². The third kappa shape index (κ3) is 3.48. The van der Waals surface area contributed by atoms with Crippen LogP contribution in [0.5, 0.6) is 5.75 Å². The highest BCUT2D eigenvalue weighted by Gasteiger charge is 2.18. The molecule has 0 spiro atoms. The fraction of sp³-hybridized carbons (Fsp3) is 0.0909. The second-order valence-electron chi connectivity index (χ2n) is 3.98. The molecule has 0 aliphatic heterocycles. The van der Waals surface area contributed by atoms with Crippen molar-refractivity contribution >= 4 is 27.3 Å². The van der Waals surface area contributed by atoms with Crippen molar-refractivity contribution in [2.24, 2.45) is 0 Å². The zero-order chi connectivity index (χ0) is 15.6. The summed E-state index contributed by atoms with van der Waals surface area (Å²) in [5, 5.41) is 19.7. The van der Waals surface area contributed by atoms with Crippen LogP contribution in [0.4, 0.5) is 0 Å². The normalized spacial score (nSPS) is 11.4. The molecule has 0 atom stereocenters. The van der Waals surface area contributed by atoms with Gasteiger partial charge in [0.1, 0.15) is 11.3 Å². The molecule has 10 heteroatoms. The second kappa shape index (κ2) is 5.68. The number of carbonyl (C=O) groups is 1. The van der Waals surface area contributed by atoms with Crippen molar-refractivity contribution in [3.8, 4) is 5.75 Å². The lowest BCUT2D eigenvalue weighted by Crippen LogP contribution is -2.24. The molecule has 21 heavy (non-hydrogen) atoms. The molecule has 0 amide bonds. The van der Waals surface area contributed by atoms with Crippen LogP contribution in [0.2, 0.25) is 0 Å². The molecule has 112 valence electrons. The summed E-state index contributed by atoms with van der Waals surface area (Å²) in [6.07, 6.45) is 0. The highest BCUT2D eigenvalue weighted by molar-refractivity contribution is 7.89. The Hall–Kier alpha value is -2.17. The number of sulfonamides is 1. The predicted octanol–water partition coefficient (Wildman–Crippen LogP) is 0.319. The summed E-state index contributed by atoms with van der Waals surface area (Å²) in [6.45, 7) is -0.135. The molecule has 1 aromatic heterocycles. The van der Waals surface area contributed by atoms with Gasteiger partial charge in [0.05, 0.1) is 11.4 Å². The lowest BCUT2D eigenvalue weighted by Gasteiger charge is -2.07. The maximum atomic E-state index is 12.0. The Balaban J connectivity index is 2.25. The summed E-state index contributed by atoms with van der Waals surface area (Å²) < 4.78 is 26.3. The van der Waals surface area contributed by atoms with Crippen LogP contribution in [0, 0.1) is 0 Å². The van der Waals surface area contributed by atoms with Crippen LogP contribution in [0.15, 0.2) is 33.3 Å². The van der Waals surface area contributed by atoms with E-state index in [2.05, 4.69) is 9.71 Å². The topological polar surface area (TPSA) is 137 Å². The number of aromatic nitrogens is 1. The van der Waals surface area contributed by atoms with Crippen molar-refractivity contribution in [1.82, 2.24) is 9.71 Å². The van der Waals surface area contributed by atoms with E-state index in [4.69, 9.17) is 5.11 Å². The number of hydrogen-bond donors (Lipinski definition) is 4. The van der Waals surface area contributed by atoms with Gasteiger partial charge in [-0.25, -0.2) is 17.9 Å². The molecular formula is C11H10N2O6S2. The Morgan fingerprint density at radius 1 is 1.38 bits per heavy atom. The summed E-state index contributed by atoms with van der Waals surface area (Å²) >= 11 is 0.902. The van der Waals surface area contributed by atoms with Crippen molar-refractivity contribution in [1.29, 1.82) is 0 Å². The number of carboxylic acids is 1. The molecule has 0 unspecified atom stereocenters. The molecule has 0 bridgehead atoms. The van der Waals surface area contributed by atoms with E-state index < -0.39 is 27.3 Å². The predicted molar refractivity (Wildman–Crippen MR) is 74.0 cm³/mol. The highest BCUT2D eigenvalue weighted by atomic mass is 32.2. The Morgan fingerprint density at radius 2 is 2.10 bits per heavy atom. The number of thiazole rings is 1. The number of carboxylic acid groups (broad SMARTS) is 1. The zero-order valence-electron chi connectivity index (χ0n) is 10.4. The minimum Gasteiger partial charge on any atom is -0.507 e. The molecule has 1 heterocycles. The van der Waals surface area contributed by atoms with E-state index in [1.165, 1.54) is 5.38 Å². The van der Waals surface area contributed by atoms with Crippen molar-refractivity contribution in [3.63, 3.8) is 0 Å². The second-order valence-corrected chi connectivity index (χ2v) is 6.59. The lowest BCUT2D eigenvalue weighted by atomic mass is 10.2. The van der Waals surface area contributed by atoms with Gasteiger partial charge in [-0.2, -0.15) is 0 Å². The standard InChI is InChI=1S/C11H10N2O6S2/c14-9-2-1-7(3-8(9)10(15)16)21(18,19)12-4-6-5-20-11(17)13-6/h1-3,5,12,14H,4H2,(H,13,17)(H,15,16). The Labute approximate surface area is 122 Å². The molecule has 0 saturated carbocycles. The molecule has 8 nitrogen and oxygen atoms in total. The third-order valence-corrected chi connectivity index (χ3v) is 4.65. The van der Waals surface area contributed by atoms with E-state index in [-0.39, 0.29) is 16.3 Å². The summed E-state index contributed by atoms with van der Waals surface area (Å²) in [4.78, 5) is 23.6. The van der Waals surface area contributed by atoms with Gasteiger partial charge in [-0.15, -0.1) is 0 Å². The summed E-state index contributed by atoms with van der Waals surface area (Å²) in [6, 6.07) is 2.93. The number of aromatic amines is 1. The maximum Gasteiger partial charge on any atom is 0.339 e. The zero-order valence-corrected chi connectivity index (χ0v) is 12.0. The van der Waals surface area contributed by atoms with Crippen molar-refractivity contribution in [3.05, 3.63) is 44.5 Å². The Bertz CT molecular complexity index is 836. The van der Waals surface area contributed by atoms with E-state index in [1.54, 1.807) is 0 Å². The lowest BCUT2D eigenvalue weighted by molar-refractivity contribution is 0.0693. The highest BCUT2D eigenvalue weighted by Crippen LogP contribution is 2.21. The molecule has 0 fully saturated rings. The van der Waals surface area contributed by atoms with Crippen LogP contribution in [-0.2, 0) is 16.6 Å². The molecule has 0 saturated heterocycles. The summed E-state index contributed by atoms with van der Waals surface area (Å²) in [5.74, 6) is -1.96. The number of rotatable bonds is 5. The van der Waals surface area contributed by atoms with E-state index in [1.807, 2.05) is 0 Å². The summed E-state index contributed by atoms with van der Waals surface area (Å²) in [5.41, 5.74) is -0.118. The van der Waals surface area contributed by atoms with Gasteiger partial charge in [-0.3, -0.25) is 4.79 Å². The largest absolute Gasteiger partial charge is 0.507 e. The molecule has 0 aliphatic carbocycles. The van der Waals surface area contributed by atoms with Gasteiger partial charge in [-0.1, -0.05) is 11.3 Å². The van der Waals surface area contributed by atoms with E-state index in [0.717, 1.165) is 29.5 Å². The number of phenols is 1. The first kappa shape index (κ1) is 15.2. The Morgan fingerprint density at radius 3 is 2.67 bits per heavy atom. The van der Waals surface area contributed by atoms with Gasteiger partial charge >= 0.3 is 10.8 Å². The average molecular weight is 330 g/mol. The van der Waals surface area contributed by atoms with Crippen molar-refractivity contribution < 1.29 is 23.4 Å².